The minimum atomic E-state index is -1.39. The number of phenols is 1. The van der Waals surface area contributed by atoms with Crippen molar-refractivity contribution in [2.45, 2.75) is 13.0 Å². The zero-order chi connectivity index (χ0) is 22.6. The Morgan fingerprint density at radius 2 is 1.94 bits per heavy atom. The van der Waals surface area contributed by atoms with Crippen LogP contribution in [0, 0.1) is 0 Å². The van der Waals surface area contributed by atoms with Gasteiger partial charge in [0.05, 0.1) is 18.7 Å². The van der Waals surface area contributed by atoms with E-state index < -0.39 is 30.6 Å². The molecule has 2 rings (SSSR count). The van der Waals surface area contributed by atoms with Crippen LogP contribution in [0.5, 0.6) is 11.5 Å². The van der Waals surface area contributed by atoms with Gasteiger partial charge in [-0.05, 0) is 25.1 Å². The van der Waals surface area contributed by atoms with Gasteiger partial charge in [0, 0.05) is 25.0 Å². The van der Waals surface area contributed by atoms with Crippen molar-refractivity contribution in [1.82, 2.24) is 20.6 Å². The molecule has 0 fully saturated rings. The number of aromatic nitrogens is 2. The number of carbonyl (C=O) groups is 3. The molecule has 1 aromatic carbocycles. The molecule has 166 valence electrons. The highest BCUT2D eigenvalue weighted by molar-refractivity contribution is 5.97. The van der Waals surface area contributed by atoms with Gasteiger partial charge < -0.3 is 35.6 Å². The number of ether oxygens (including phenoxy) is 2. The predicted molar refractivity (Wildman–Crippen MR) is 108 cm³/mol. The van der Waals surface area contributed by atoms with E-state index in [1.807, 2.05) is 0 Å². The number of carbonyl (C=O) groups excluding carboxylic acids is 2. The molecule has 1 heterocycles. The summed E-state index contributed by atoms with van der Waals surface area (Å²) in [6, 6.07) is 4.39. The molecule has 1 aromatic heterocycles. The molecular formula is C19H23N5O7. The number of benzene rings is 1. The summed E-state index contributed by atoms with van der Waals surface area (Å²) in [5.41, 5.74) is -0.0802. The van der Waals surface area contributed by atoms with Gasteiger partial charge in [-0.3, -0.25) is 4.79 Å². The highest BCUT2D eigenvalue weighted by Crippen LogP contribution is 2.23. The zero-order valence-corrected chi connectivity index (χ0v) is 16.7. The van der Waals surface area contributed by atoms with E-state index in [2.05, 4.69) is 30.7 Å². The summed E-state index contributed by atoms with van der Waals surface area (Å²) in [7, 11) is 0. The number of rotatable bonds is 11. The van der Waals surface area contributed by atoms with Gasteiger partial charge in [-0.2, -0.15) is 0 Å². The Morgan fingerprint density at radius 3 is 2.58 bits per heavy atom. The smallest absolute Gasteiger partial charge is 0.407 e. The Labute approximate surface area is 177 Å². The SMILES string of the molecule is CCOC(=O)N[C@@H](CNC(=O)c1ccc(OCCNc2ncccn2)cc1O)C(=O)O. The third-order valence-electron chi connectivity index (χ3n) is 3.77. The van der Waals surface area contributed by atoms with E-state index >= 15 is 0 Å². The molecule has 12 heteroatoms. The first-order valence-electron chi connectivity index (χ1n) is 9.31. The lowest BCUT2D eigenvalue weighted by Crippen LogP contribution is -2.48. The summed E-state index contributed by atoms with van der Waals surface area (Å²) in [4.78, 5) is 42.9. The van der Waals surface area contributed by atoms with E-state index in [1.54, 1.807) is 25.4 Å². The van der Waals surface area contributed by atoms with Gasteiger partial charge >= 0.3 is 12.1 Å². The van der Waals surface area contributed by atoms with Crippen molar-refractivity contribution in [3.8, 4) is 11.5 Å². The van der Waals surface area contributed by atoms with Gasteiger partial charge in [0.15, 0.2) is 0 Å². The van der Waals surface area contributed by atoms with E-state index in [0.717, 1.165) is 0 Å². The third-order valence-corrected chi connectivity index (χ3v) is 3.77. The lowest BCUT2D eigenvalue weighted by atomic mass is 10.1. The number of nitrogens with zero attached hydrogens (tertiary/aromatic N) is 2. The van der Waals surface area contributed by atoms with Crippen LogP contribution < -0.4 is 20.7 Å². The Morgan fingerprint density at radius 1 is 1.19 bits per heavy atom. The van der Waals surface area contributed by atoms with Gasteiger partial charge in [0.2, 0.25) is 5.95 Å². The van der Waals surface area contributed by atoms with Crippen LogP contribution in [0.1, 0.15) is 17.3 Å². The van der Waals surface area contributed by atoms with Crippen molar-refractivity contribution in [1.29, 1.82) is 0 Å². The average molecular weight is 433 g/mol. The van der Waals surface area contributed by atoms with E-state index in [9.17, 15) is 19.5 Å². The second-order valence-electron chi connectivity index (χ2n) is 5.99. The molecule has 0 aliphatic heterocycles. The second kappa shape index (κ2) is 11.8. The van der Waals surface area contributed by atoms with Gasteiger partial charge in [0.1, 0.15) is 24.1 Å². The Bertz CT molecular complexity index is 894. The van der Waals surface area contributed by atoms with Gasteiger partial charge in [-0.15, -0.1) is 0 Å². The first-order chi connectivity index (χ1) is 14.9. The van der Waals surface area contributed by atoms with Gasteiger partial charge in [0.25, 0.3) is 5.91 Å². The lowest BCUT2D eigenvalue weighted by Gasteiger charge is -2.15. The maximum Gasteiger partial charge on any atom is 0.407 e. The number of hydrogen-bond acceptors (Lipinski definition) is 9. The average Bonchev–Trinajstić information content (AvgIpc) is 2.74. The molecule has 1 atom stereocenters. The quantitative estimate of drug-likeness (QED) is 0.316. The standard InChI is InChI=1S/C19H23N5O7/c1-2-30-19(29)24-14(17(27)28)11-23-16(26)13-5-4-12(10-15(13)25)31-9-8-22-18-20-6-3-7-21-18/h3-7,10,14,25H,2,8-9,11H2,1H3,(H,23,26)(H,24,29)(H,27,28)(H,20,21,22)/t14-/m0/s1. The minimum absolute atomic E-state index is 0.0723. The first kappa shape index (κ1) is 23.2. The molecular weight excluding hydrogens is 410 g/mol. The van der Waals surface area contributed by atoms with E-state index in [0.29, 0.717) is 18.2 Å². The molecule has 31 heavy (non-hydrogen) atoms. The normalized spacial score (nSPS) is 11.1. The zero-order valence-electron chi connectivity index (χ0n) is 16.7. The summed E-state index contributed by atoms with van der Waals surface area (Å²) in [5.74, 6) is -1.63. The predicted octanol–water partition coefficient (Wildman–Crippen LogP) is 0.602. The van der Waals surface area contributed by atoms with Gasteiger partial charge in [-0.1, -0.05) is 0 Å². The Hall–Kier alpha value is -4.09. The number of carboxylic acids is 1. The molecule has 0 aliphatic rings. The number of amides is 2. The molecule has 2 aromatic rings. The van der Waals surface area contributed by atoms with Crippen LogP contribution in [-0.4, -0.2) is 70.5 Å². The highest BCUT2D eigenvalue weighted by Gasteiger charge is 2.22. The van der Waals surface area contributed by atoms with Crippen LogP contribution in [0.15, 0.2) is 36.7 Å². The number of carboxylic acid groups (broad SMARTS) is 1. The van der Waals surface area contributed by atoms with Crippen LogP contribution in [-0.2, 0) is 9.53 Å². The maximum atomic E-state index is 12.3. The highest BCUT2D eigenvalue weighted by atomic mass is 16.5. The first-order valence-corrected chi connectivity index (χ1v) is 9.31. The fourth-order valence-corrected chi connectivity index (χ4v) is 2.32. The third kappa shape index (κ3) is 7.68. The summed E-state index contributed by atoms with van der Waals surface area (Å²) >= 11 is 0. The molecule has 12 nitrogen and oxygen atoms in total. The molecule has 5 N–H and O–H groups in total. The van der Waals surface area contributed by atoms with Crippen LogP contribution >= 0.6 is 0 Å². The number of phenolic OH excluding ortho intramolecular Hbond substituents is 1. The molecule has 0 radical (unpaired) electrons. The fourth-order valence-electron chi connectivity index (χ4n) is 2.32. The maximum absolute atomic E-state index is 12.3. The lowest BCUT2D eigenvalue weighted by molar-refractivity contribution is -0.139. The van der Waals surface area contributed by atoms with Crippen molar-refractivity contribution >= 4 is 23.9 Å². The molecule has 0 spiro atoms. The molecule has 0 bridgehead atoms. The summed E-state index contributed by atoms with van der Waals surface area (Å²) in [6.45, 7) is 1.91. The van der Waals surface area contributed by atoms with Crippen molar-refractivity contribution in [3.05, 3.63) is 42.2 Å². The van der Waals surface area contributed by atoms with E-state index in [1.165, 1.54) is 18.2 Å². The number of anilines is 1. The van der Waals surface area contributed by atoms with Crippen LogP contribution in [0.25, 0.3) is 0 Å². The van der Waals surface area contributed by atoms with Gasteiger partial charge in [-0.25, -0.2) is 19.6 Å². The molecule has 0 aliphatic carbocycles. The molecule has 2 amide bonds. The Kier molecular flexibility index (Phi) is 8.83. The van der Waals surface area contributed by atoms with Crippen molar-refractivity contribution in [3.63, 3.8) is 0 Å². The molecule has 0 unspecified atom stereocenters. The van der Waals surface area contributed by atoms with E-state index in [-0.39, 0.29) is 24.5 Å². The summed E-state index contributed by atoms with van der Waals surface area (Å²) in [5, 5.41) is 26.7. The Balaban J connectivity index is 1.84. The van der Waals surface area contributed by atoms with E-state index in [4.69, 9.17) is 9.84 Å². The number of aromatic hydroxyl groups is 1. The number of aliphatic carboxylic acids is 1. The summed E-state index contributed by atoms with van der Waals surface area (Å²) < 4.78 is 10.1. The molecule has 0 saturated carbocycles. The van der Waals surface area contributed by atoms with Crippen LogP contribution in [0.3, 0.4) is 0 Å². The van der Waals surface area contributed by atoms with Crippen molar-refractivity contribution < 1.29 is 34.1 Å². The minimum Gasteiger partial charge on any atom is -0.507 e. The van der Waals surface area contributed by atoms with Crippen LogP contribution in [0.4, 0.5) is 10.7 Å². The largest absolute Gasteiger partial charge is 0.507 e. The molecule has 0 saturated heterocycles. The van der Waals surface area contributed by atoms with Crippen molar-refractivity contribution in [2.24, 2.45) is 0 Å². The second-order valence-corrected chi connectivity index (χ2v) is 5.99. The number of hydrogen-bond donors (Lipinski definition) is 5. The number of alkyl carbamates (subject to hydrolysis) is 1. The van der Waals surface area contributed by atoms with Crippen LogP contribution in [0.2, 0.25) is 0 Å². The fraction of sp³-hybridized carbons (Fsp3) is 0.316. The monoisotopic (exact) mass is 433 g/mol. The number of nitrogens with one attached hydrogen (secondary N) is 3. The topological polar surface area (TPSA) is 172 Å². The summed E-state index contributed by atoms with van der Waals surface area (Å²) in [6.07, 6.45) is 2.29. The van der Waals surface area contributed by atoms with Crippen molar-refractivity contribution in [2.75, 3.05) is 31.6 Å².